The lowest BCUT2D eigenvalue weighted by Crippen LogP contribution is -2.23. The first kappa shape index (κ1) is 16.3. The lowest BCUT2D eigenvalue weighted by atomic mass is 10.3. The van der Waals surface area contributed by atoms with Crippen LogP contribution >= 0.6 is 11.8 Å². The fraction of sp³-hybridized carbons (Fsp3) is 0.769. The summed E-state index contributed by atoms with van der Waals surface area (Å²) in [6.07, 6.45) is 3.39. The fourth-order valence-electron chi connectivity index (χ4n) is 2.41. The Morgan fingerprint density at radius 1 is 1.33 bits per heavy atom. The van der Waals surface area contributed by atoms with Gasteiger partial charge < -0.3 is 19.3 Å². The van der Waals surface area contributed by atoms with Crippen molar-refractivity contribution in [3.8, 4) is 0 Å². The monoisotopic (exact) mass is 314 g/mol. The Morgan fingerprint density at radius 2 is 2.10 bits per heavy atom. The highest BCUT2D eigenvalue weighted by molar-refractivity contribution is 7.99. The van der Waals surface area contributed by atoms with E-state index in [0.717, 1.165) is 31.9 Å². The van der Waals surface area contributed by atoms with E-state index >= 15 is 0 Å². The number of aromatic nitrogens is 3. The van der Waals surface area contributed by atoms with Gasteiger partial charge in [0.15, 0.2) is 5.16 Å². The summed E-state index contributed by atoms with van der Waals surface area (Å²) >= 11 is 1.21. The number of aliphatic carboxylic acids is 1. The maximum atomic E-state index is 10.7. The van der Waals surface area contributed by atoms with Crippen molar-refractivity contribution in [3.63, 3.8) is 0 Å². The SMILES string of the molecule is COCCn1c(CCN2CCCC2)nnc1SCC(=O)O. The average Bonchev–Trinajstić information content (AvgIpc) is 3.10. The molecule has 0 amide bonds. The van der Waals surface area contributed by atoms with Crippen LogP contribution in [-0.4, -0.2) is 69.8 Å². The third-order valence-electron chi connectivity index (χ3n) is 3.49. The molecule has 2 heterocycles. The van der Waals surface area contributed by atoms with E-state index < -0.39 is 5.97 Å². The van der Waals surface area contributed by atoms with Crippen molar-refractivity contribution < 1.29 is 14.6 Å². The van der Waals surface area contributed by atoms with E-state index in [-0.39, 0.29) is 5.75 Å². The topological polar surface area (TPSA) is 80.5 Å². The molecule has 0 aromatic carbocycles. The molecule has 8 heteroatoms. The van der Waals surface area contributed by atoms with Crippen LogP contribution in [0.1, 0.15) is 18.7 Å². The highest BCUT2D eigenvalue weighted by atomic mass is 32.2. The second-order valence-electron chi connectivity index (χ2n) is 5.02. The van der Waals surface area contributed by atoms with Crippen molar-refractivity contribution in [1.29, 1.82) is 0 Å². The van der Waals surface area contributed by atoms with E-state index in [9.17, 15) is 4.79 Å². The van der Waals surface area contributed by atoms with Crippen LogP contribution < -0.4 is 0 Å². The first-order chi connectivity index (χ1) is 10.2. The lowest BCUT2D eigenvalue weighted by Gasteiger charge is -2.14. The number of methoxy groups -OCH3 is 1. The molecule has 0 aliphatic carbocycles. The van der Waals surface area contributed by atoms with Crippen molar-refractivity contribution in [2.75, 3.05) is 39.1 Å². The van der Waals surface area contributed by atoms with E-state index in [0.29, 0.717) is 18.3 Å². The first-order valence-corrected chi connectivity index (χ1v) is 8.17. The molecule has 0 bridgehead atoms. The quantitative estimate of drug-likeness (QED) is 0.673. The van der Waals surface area contributed by atoms with Crippen LogP contribution in [0.4, 0.5) is 0 Å². The Bertz CT molecular complexity index is 460. The second kappa shape index (κ2) is 8.35. The van der Waals surface area contributed by atoms with E-state index in [1.54, 1.807) is 7.11 Å². The third kappa shape index (κ3) is 4.98. The van der Waals surface area contributed by atoms with E-state index in [2.05, 4.69) is 15.1 Å². The molecule has 0 unspecified atom stereocenters. The fourth-order valence-corrected chi connectivity index (χ4v) is 3.11. The van der Waals surface area contributed by atoms with Gasteiger partial charge in [-0.2, -0.15) is 0 Å². The van der Waals surface area contributed by atoms with Gasteiger partial charge >= 0.3 is 5.97 Å². The minimum atomic E-state index is -0.847. The Kier molecular flexibility index (Phi) is 6.47. The molecule has 1 aromatic heterocycles. The normalized spacial score (nSPS) is 15.7. The lowest BCUT2D eigenvalue weighted by molar-refractivity contribution is -0.133. The van der Waals surface area contributed by atoms with Gasteiger partial charge in [-0.3, -0.25) is 4.79 Å². The summed E-state index contributed by atoms with van der Waals surface area (Å²) in [6, 6.07) is 0. The van der Waals surface area contributed by atoms with Gasteiger partial charge in [0, 0.05) is 26.6 Å². The number of carbonyl (C=O) groups is 1. The van der Waals surface area contributed by atoms with Crippen LogP contribution in [-0.2, 0) is 22.5 Å². The Morgan fingerprint density at radius 3 is 2.76 bits per heavy atom. The molecule has 118 valence electrons. The van der Waals surface area contributed by atoms with Crippen LogP contribution in [0.25, 0.3) is 0 Å². The predicted octanol–water partition coefficient (Wildman–Crippen LogP) is 0.739. The summed E-state index contributed by atoms with van der Waals surface area (Å²) in [4.78, 5) is 13.1. The van der Waals surface area contributed by atoms with E-state index in [4.69, 9.17) is 9.84 Å². The molecular weight excluding hydrogens is 292 g/mol. The van der Waals surface area contributed by atoms with E-state index in [1.807, 2.05) is 4.57 Å². The largest absolute Gasteiger partial charge is 0.481 e. The maximum absolute atomic E-state index is 10.7. The van der Waals surface area contributed by atoms with Gasteiger partial charge in [-0.05, 0) is 25.9 Å². The van der Waals surface area contributed by atoms with E-state index in [1.165, 1.54) is 24.6 Å². The number of likely N-dealkylation sites (tertiary alicyclic amines) is 1. The van der Waals surface area contributed by atoms with Crippen molar-refractivity contribution in [2.24, 2.45) is 0 Å². The summed E-state index contributed by atoms with van der Waals surface area (Å²) in [5, 5.41) is 17.8. The predicted molar refractivity (Wildman–Crippen MR) is 79.6 cm³/mol. The zero-order chi connectivity index (χ0) is 15.1. The standard InChI is InChI=1S/C13H22N4O3S/c1-20-9-8-17-11(4-7-16-5-2-3-6-16)14-15-13(17)21-10-12(18)19/h2-10H2,1H3,(H,18,19). The van der Waals surface area contributed by atoms with Crippen LogP contribution in [0.2, 0.25) is 0 Å². The molecule has 1 aliphatic rings. The number of hydrogen-bond donors (Lipinski definition) is 1. The summed E-state index contributed by atoms with van der Waals surface area (Å²) < 4.78 is 7.10. The van der Waals surface area contributed by atoms with Crippen molar-refractivity contribution in [2.45, 2.75) is 31.0 Å². The summed E-state index contributed by atoms with van der Waals surface area (Å²) in [5.74, 6) is 0.0591. The van der Waals surface area contributed by atoms with Gasteiger partial charge in [0.05, 0.1) is 12.4 Å². The number of carboxylic acids is 1. The van der Waals surface area contributed by atoms with Crippen LogP contribution in [0.5, 0.6) is 0 Å². The molecule has 1 aliphatic heterocycles. The Labute approximate surface area is 128 Å². The Hall–Kier alpha value is -1.12. The molecule has 1 fully saturated rings. The minimum Gasteiger partial charge on any atom is -0.481 e. The summed E-state index contributed by atoms with van der Waals surface area (Å²) in [6.45, 7) is 4.52. The van der Waals surface area contributed by atoms with Gasteiger partial charge in [-0.15, -0.1) is 10.2 Å². The number of thioether (sulfide) groups is 1. The van der Waals surface area contributed by atoms with Gasteiger partial charge in [0.1, 0.15) is 5.82 Å². The van der Waals surface area contributed by atoms with Gasteiger partial charge in [-0.25, -0.2) is 0 Å². The molecule has 0 saturated carbocycles. The minimum absolute atomic E-state index is 0.00274. The van der Waals surface area contributed by atoms with Gasteiger partial charge in [0.2, 0.25) is 0 Å². The highest BCUT2D eigenvalue weighted by Crippen LogP contribution is 2.18. The maximum Gasteiger partial charge on any atom is 0.313 e. The van der Waals surface area contributed by atoms with Crippen LogP contribution in [0, 0.1) is 0 Å². The highest BCUT2D eigenvalue weighted by Gasteiger charge is 2.16. The van der Waals surface area contributed by atoms with Crippen molar-refractivity contribution in [3.05, 3.63) is 5.82 Å². The zero-order valence-electron chi connectivity index (χ0n) is 12.3. The molecule has 21 heavy (non-hydrogen) atoms. The van der Waals surface area contributed by atoms with Crippen LogP contribution in [0.15, 0.2) is 5.16 Å². The summed E-state index contributed by atoms with van der Waals surface area (Å²) in [7, 11) is 1.65. The number of carboxylic acid groups (broad SMARTS) is 1. The van der Waals surface area contributed by atoms with Gasteiger partial charge in [0.25, 0.3) is 0 Å². The van der Waals surface area contributed by atoms with Gasteiger partial charge in [-0.1, -0.05) is 11.8 Å². The van der Waals surface area contributed by atoms with Crippen molar-refractivity contribution in [1.82, 2.24) is 19.7 Å². The molecule has 2 rings (SSSR count). The van der Waals surface area contributed by atoms with Crippen molar-refractivity contribution >= 4 is 17.7 Å². The smallest absolute Gasteiger partial charge is 0.313 e. The zero-order valence-corrected chi connectivity index (χ0v) is 13.1. The molecule has 0 radical (unpaired) electrons. The molecule has 7 nitrogen and oxygen atoms in total. The first-order valence-electron chi connectivity index (χ1n) is 7.18. The number of ether oxygens (including phenoxy) is 1. The number of hydrogen-bond acceptors (Lipinski definition) is 6. The molecule has 0 atom stereocenters. The molecule has 1 saturated heterocycles. The molecular formula is C13H22N4O3S. The second-order valence-corrected chi connectivity index (χ2v) is 5.97. The van der Waals surface area contributed by atoms with Crippen LogP contribution in [0.3, 0.4) is 0 Å². The molecule has 0 spiro atoms. The average molecular weight is 314 g/mol. The Balaban J connectivity index is 1.98. The number of rotatable bonds is 9. The molecule has 1 N–H and O–H groups in total. The third-order valence-corrected chi connectivity index (χ3v) is 4.44. The number of nitrogens with zero attached hydrogens (tertiary/aromatic N) is 4. The summed E-state index contributed by atoms with van der Waals surface area (Å²) in [5.41, 5.74) is 0. The molecule has 1 aromatic rings.